The van der Waals surface area contributed by atoms with Gasteiger partial charge in [-0.1, -0.05) is 55.3 Å². The van der Waals surface area contributed by atoms with Gasteiger partial charge in [0, 0.05) is 12.1 Å². The second-order valence-electron chi connectivity index (χ2n) is 5.38. The van der Waals surface area contributed by atoms with Crippen molar-refractivity contribution in [2.75, 3.05) is 11.1 Å². The highest BCUT2D eigenvalue weighted by atomic mass is 32.1. The molecule has 2 rings (SSSR count). The number of carbonyl (C=O) groups is 1. The highest BCUT2D eigenvalue weighted by molar-refractivity contribution is 7.80. The van der Waals surface area contributed by atoms with Crippen LogP contribution in [0.5, 0.6) is 0 Å². The molecule has 0 aliphatic rings. The van der Waals surface area contributed by atoms with Crippen LogP contribution in [0.4, 0.5) is 5.69 Å². The third kappa shape index (κ3) is 5.57. The molecule has 1 amide bonds. The number of amides is 1. The molecule has 2 aromatic rings. The zero-order valence-corrected chi connectivity index (χ0v) is 13.7. The molecule has 22 heavy (non-hydrogen) atoms. The van der Waals surface area contributed by atoms with E-state index in [9.17, 15) is 4.79 Å². The topological polar surface area (TPSA) is 29.1 Å². The third-order valence-corrected chi connectivity index (χ3v) is 3.88. The lowest BCUT2D eigenvalue weighted by Gasteiger charge is -2.08. The summed E-state index contributed by atoms with van der Waals surface area (Å²) in [6, 6.07) is 18.2. The first-order valence-corrected chi connectivity index (χ1v) is 8.49. The van der Waals surface area contributed by atoms with Crippen LogP contribution in [0.15, 0.2) is 54.6 Å². The summed E-state index contributed by atoms with van der Waals surface area (Å²) in [5, 5.41) is 2.99. The van der Waals surface area contributed by atoms with Crippen LogP contribution < -0.4 is 5.32 Å². The summed E-state index contributed by atoms with van der Waals surface area (Å²) >= 11 is 4.19. The molecule has 0 aliphatic heterocycles. The van der Waals surface area contributed by atoms with Crippen molar-refractivity contribution in [2.45, 2.75) is 32.1 Å². The fourth-order valence-corrected chi connectivity index (χ4v) is 2.61. The predicted octanol–water partition coefficient (Wildman–Crippen LogP) is 5.17. The van der Waals surface area contributed by atoms with Crippen LogP contribution in [0.25, 0.3) is 11.1 Å². The maximum Gasteiger partial charge on any atom is 0.224 e. The Labute approximate surface area is 138 Å². The average Bonchev–Trinajstić information content (AvgIpc) is 2.56. The molecule has 0 atom stereocenters. The summed E-state index contributed by atoms with van der Waals surface area (Å²) in [4.78, 5) is 12.0. The summed E-state index contributed by atoms with van der Waals surface area (Å²) in [6.45, 7) is 0. The minimum Gasteiger partial charge on any atom is -0.326 e. The largest absolute Gasteiger partial charge is 0.326 e. The van der Waals surface area contributed by atoms with Crippen molar-refractivity contribution < 1.29 is 4.79 Å². The number of nitrogens with one attached hydrogen (secondary N) is 1. The van der Waals surface area contributed by atoms with Gasteiger partial charge in [0.1, 0.15) is 0 Å². The predicted molar refractivity (Wildman–Crippen MR) is 97.4 cm³/mol. The summed E-state index contributed by atoms with van der Waals surface area (Å²) in [5.74, 6) is 1.02. The Morgan fingerprint density at radius 2 is 1.59 bits per heavy atom. The zero-order valence-electron chi connectivity index (χ0n) is 12.8. The molecule has 3 heteroatoms. The van der Waals surface area contributed by atoms with Crippen molar-refractivity contribution >= 4 is 24.2 Å². The standard InChI is InChI=1S/C19H23NOS/c21-19(13-6-1-2-7-14-22)20-18-12-8-11-17(15-18)16-9-4-3-5-10-16/h3-5,8-12,15,22H,1-2,6-7,13-14H2,(H,20,21). The maximum atomic E-state index is 12.0. The molecule has 0 aliphatic carbocycles. The van der Waals surface area contributed by atoms with Gasteiger partial charge in [0.25, 0.3) is 0 Å². The smallest absolute Gasteiger partial charge is 0.224 e. The number of benzene rings is 2. The Kier molecular flexibility index (Phi) is 7.04. The number of carbonyl (C=O) groups excluding carboxylic acids is 1. The van der Waals surface area contributed by atoms with E-state index in [1.54, 1.807) is 0 Å². The molecule has 2 aromatic carbocycles. The van der Waals surface area contributed by atoms with Gasteiger partial charge >= 0.3 is 0 Å². The Hall–Kier alpha value is -1.74. The molecule has 0 heterocycles. The van der Waals surface area contributed by atoms with Crippen LogP contribution in [0.3, 0.4) is 0 Å². The summed E-state index contributed by atoms with van der Waals surface area (Å²) < 4.78 is 0. The molecule has 116 valence electrons. The lowest BCUT2D eigenvalue weighted by Crippen LogP contribution is -2.11. The monoisotopic (exact) mass is 313 g/mol. The molecule has 0 saturated carbocycles. The van der Waals surface area contributed by atoms with E-state index >= 15 is 0 Å². The van der Waals surface area contributed by atoms with Gasteiger partial charge in [-0.2, -0.15) is 12.6 Å². The lowest BCUT2D eigenvalue weighted by atomic mass is 10.1. The fraction of sp³-hybridized carbons (Fsp3) is 0.316. The molecule has 0 spiro atoms. The zero-order chi connectivity index (χ0) is 15.6. The van der Waals surface area contributed by atoms with E-state index in [4.69, 9.17) is 0 Å². The van der Waals surface area contributed by atoms with Gasteiger partial charge in [-0.25, -0.2) is 0 Å². The van der Waals surface area contributed by atoms with E-state index in [1.165, 1.54) is 0 Å². The summed E-state index contributed by atoms with van der Waals surface area (Å²) in [6.07, 6.45) is 4.91. The minimum absolute atomic E-state index is 0.0936. The quantitative estimate of drug-likeness (QED) is 0.511. The highest BCUT2D eigenvalue weighted by Crippen LogP contribution is 2.22. The Balaban J connectivity index is 1.86. The lowest BCUT2D eigenvalue weighted by molar-refractivity contribution is -0.116. The van der Waals surface area contributed by atoms with Crippen molar-refractivity contribution in [1.82, 2.24) is 0 Å². The van der Waals surface area contributed by atoms with Crippen LogP contribution >= 0.6 is 12.6 Å². The first-order chi connectivity index (χ1) is 10.8. The van der Waals surface area contributed by atoms with Crippen molar-refractivity contribution in [3.05, 3.63) is 54.6 Å². The summed E-state index contributed by atoms with van der Waals surface area (Å²) in [5.41, 5.74) is 3.14. The minimum atomic E-state index is 0.0936. The van der Waals surface area contributed by atoms with Crippen molar-refractivity contribution in [3.63, 3.8) is 0 Å². The van der Waals surface area contributed by atoms with Gasteiger partial charge in [0.2, 0.25) is 5.91 Å². The van der Waals surface area contributed by atoms with Gasteiger partial charge < -0.3 is 5.32 Å². The van der Waals surface area contributed by atoms with Crippen LogP contribution in [0.2, 0.25) is 0 Å². The van der Waals surface area contributed by atoms with Crippen LogP contribution in [0, 0.1) is 0 Å². The van der Waals surface area contributed by atoms with E-state index < -0.39 is 0 Å². The number of hydrogen-bond donors (Lipinski definition) is 2. The molecule has 2 nitrogen and oxygen atoms in total. The number of hydrogen-bond acceptors (Lipinski definition) is 2. The third-order valence-electron chi connectivity index (χ3n) is 3.57. The molecule has 1 N–H and O–H groups in total. The molecule has 0 saturated heterocycles. The number of anilines is 1. The maximum absolute atomic E-state index is 12.0. The average molecular weight is 313 g/mol. The molecule has 0 radical (unpaired) electrons. The molecule has 0 aromatic heterocycles. The summed E-state index contributed by atoms with van der Waals surface area (Å²) in [7, 11) is 0. The van der Waals surface area contributed by atoms with Gasteiger partial charge in [0.15, 0.2) is 0 Å². The van der Waals surface area contributed by atoms with E-state index in [0.29, 0.717) is 6.42 Å². The van der Waals surface area contributed by atoms with Gasteiger partial charge in [-0.05, 0) is 41.9 Å². The molecular formula is C19H23NOS. The normalized spacial score (nSPS) is 10.4. The van der Waals surface area contributed by atoms with Crippen LogP contribution in [-0.4, -0.2) is 11.7 Å². The van der Waals surface area contributed by atoms with Gasteiger partial charge in [-0.3, -0.25) is 4.79 Å². The van der Waals surface area contributed by atoms with Crippen molar-refractivity contribution in [1.29, 1.82) is 0 Å². The van der Waals surface area contributed by atoms with E-state index in [-0.39, 0.29) is 5.91 Å². The van der Waals surface area contributed by atoms with E-state index in [1.807, 2.05) is 36.4 Å². The first kappa shape index (κ1) is 16.6. The molecule has 0 fully saturated rings. The number of unbranched alkanes of at least 4 members (excludes halogenated alkanes) is 3. The van der Waals surface area contributed by atoms with Gasteiger partial charge in [0.05, 0.1) is 0 Å². The van der Waals surface area contributed by atoms with Gasteiger partial charge in [-0.15, -0.1) is 0 Å². The van der Waals surface area contributed by atoms with Crippen molar-refractivity contribution in [3.8, 4) is 11.1 Å². The second kappa shape index (κ2) is 9.31. The number of thiol groups is 1. The second-order valence-corrected chi connectivity index (χ2v) is 5.83. The molecule has 0 unspecified atom stereocenters. The van der Waals surface area contributed by atoms with Crippen molar-refractivity contribution in [2.24, 2.45) is 0 Å². The Morgan fingerprint density at radius 1 is 0.864 bits per heavy atom. The molecule has 0 bridgehead atoms. The molecular weight excluding hydrogens is 290 g/mol. The first-order valence-electron chi connectivity index (χ1n) is 7.86. The SMILES string of the molecule is O=C(CCCCCCS)Nc1cccc(-c2ccccc2)c1. The Morgan fingerprint density at radius 3 is 2.36 bits per heavy atom. The highest BCUT2D eigenvalue weighted by Gasteiger charge is 2.04. The van der Waals surface area contributed by atoms with E-state index in [0.717, 1.165) is 48.3 Å². The van der Waals surface area contributed by atoms with Crippen LogP contribution in [-0.2, 0) is 4.79 Å². The number of rotatable bonds is 8. The van der Waals surface area contributed by atoms with E-state index in [2.05, 4.69) is 36.1 Å². The fourth-order valence-electron chi connectivity index (χ4n) is 2.38. The Bertz CT molecular complexity index is 583. The van der Waals surface area contributed by atoms with Crippen LogP contribution in [0.1, 0.15) is 32.1 Å².